The van der Waals surface area contributed by atoms with Crippen LogP contribution in [-0.2, 0) is 17.8 Å². The van der Waals surface area contributed by atoms with Gasteiger partial charge in [-0.25, -0.2) is 14.8 Å². The van der Waals surface area contributed by atoms with Crippen LogP contribution in [0.1, 0.15) is 63.2 Å². The average molecular weight is 672 g/mol. The Morgan fingerprint density at radius 1 is 0.959 bits per heavy atom. The quantitative estimate of drug-likeness (QED) is 0.171. The monoisotopic (exact) mass is 671 g/mol. The van der Waals surface area contributed by atoms with Gasteiger partial charge in [0.05, 0.1) is 19.8 Å². The van der Waals surface area contributed by atoms with Crippen LogP contribution in [0.25, 0.3) is 11.4 Å². The third kappa shape index (κ3) is 9.00. The summed E-state index contributed by atoms with van der Waals surface area (Å²) < 4.78 is 31.8. The number of ether oxygens (including phenoxy) is 3. The Bertz CT molecular complexity index is 1680. The number of benzene rings is 2. The van der Waals surface area contributed by atoms with E-state index in [9.17, 15) is 4.79 Å². The van der Waals surface area contributed by atoms with Crippen molar-refractivity contribution in [2.24, 2.45) is 0 Å². The summed E-state index contributed by atoms with van der Waals surface area (Å²) in [5.74, 6) is 1.95. The lowest BCUT2D eigenvalue weighted by Crippen LogP contribution is -2.54. The molecule has 49 heavy (non-hydrogen) atoms. The van der Waals surface area contributed by atoms with Gasteiger partial charge in [0.1, 0.15) is 22.9 Å². The van der Waals surface area contributed by atoms with Gasteiger partial charge in [0.15, 0.2) is 5.82 Å². The molecular formula is C37H46FN7O4. The highest BCUT2D eigenvalue weighted by molar-refractivity contribution is 5.68. The Labute approximate surface area is 288 Å². The summed E-state index contributed by atoms with van der Waals surface area (Å²) in [4.78, 5) is 37.0. The highest BCUT2D eigenvalue weighted by atomic mass is 19.1. The molecule has 0 radical (unpaired) electrons. The van der Waals surface area contributed by atoms with Crippen molar-refractivity contribution in [3.05, 3.63) is 89.3 Å². The number of hydrogen-bond donors (Lipinski definition) is 0. The summed E-state index contributed by atoms with van der Waals surface area (Å²) in [5.41, 5.74) is 2.51. The van der Waals surface area contributed by atoms with Gasteiger partial charge in [0.2, 0.25) is 11.9 Å². The Kier molecular flexibility index (Phi) is 11.0. The van der Waals surface area contributed by atoms with Crippen molar-refractivity contribution in [2.45, 2.75) is 72.3 Å². The Morgan fingerprint density at radius 2 is 1.55 bits per heavy atom. The van der Waals surface area contributed by atoms with E-state index in [1.165, 1.54) is 0 Å². The molecule has 0 bridgehead atoms. The maximum absolute atomic E-state index is 15.5. The van der Waals surface area contributed by atoms with E-state index < -0.39 is 11.5 Å². The standard InChI is InChI=1S/C37H46FN7O4/c1-24-21-43(36(46)49-37(4,5)6)17-18-45(24)25(2)29-19-32(33(38)39-20-29)34-40-26(3)41-35(42-34)44(22-27-9-13-30(47-7)14-10-27)23-28-11-15-31(48-8)16-12-28/h9-16,19-20,24-25H,17-18,21-23H2,1-8H3. The number of carbonyl (C=O) groups is 1. The van der Waals surface area contributed by atoms with Crippen molar-refractivity contribution in [3.8, 4) is 22.9 Å². The third-order valence-corrected chi connectivity index (χ3v) is 8.49. The van der Waals surface area contributed by atoms with Crippen LogP contribution in [0.4, 0.5) is 15.1 Å². The molecule has 1 fully saturated rings. The summed E-state index contributed by atoms with van der Waals surface area (Å²) in [5, 5.41) is 0. The predicted octanol–water partition coefficient (Wildman–Crippen LogP) is 6.61. The number of nitrogens with zero attached hydrogens (tertiary/aromatic N) is 7. The van der Waals surface area contributed by atoms with Gasteiger partial charge in [-0.05, 0) is 88.6 Å². The molecule has 0 spiro atoms. The number of methoxy groups -OCH3 is 2. The second-order valence-corrected chi connectivity index (χ2v) is 13.4. The third-order valence-electron chi connectivity index (χ3n) is 8.49. The highest BCUT2D eigenvalue weighted by Crippen LogP contribution is 2.30. The number of aromatic nitrogens is 4. The van der Waals surface area contributed by atoms with Crippen LogP contribution in [0.2, 0.25) is 0 Å². The molecule has 0 N–H and O–H groups in total. The average Bonchev–Trinajstić information content (AvgIpc) is 3.07. The maximum Gasteiger partial charge on any atom is 0.410 e. The molecule has 1 saturated heterocycles. The fourth-order valence-electron chi connectivity index (χ4n) is 5.91. The van der Waals surface area contributed by atoms with Crippen molar-refractivity contribution in [3.63, 3.8) is 0 Å². The zero-order valence-corrected chi connectivity index (χ0v) is 29.6. The van der Waals surface area contributed by atoms with Gasteiger partial charge in [-0.1, -0.05) is 24.3 Å². The number of anilines is 1. The molecule has 0 aliphatic carbocycles. The van der Waals surface area contributed by atoms with E-state index in [1.807, 2.05) is 74.2 Å². The first-order valence-corrected chi connectivity index (χ1v) is 16.5. The van der Waals surface area contributed by atoms with Crippen LogP contribution in [0.3, 0.4) is 0 Å². The predicted molar refractivity (Wildman–Crippen MR) is 186 cm³/mol. The number of rotatable bonds is 10. The largest absolute Gasteiger partial charge is 0.497 e. The van der Waals surface area contributed by atoms with Gasteiger partial charge in [-0.3, -0.25) is 4.90 Å². The fourth-order valence-corrected chi connectivity index (χ4v) is 5.91. The van der Waals surface area contributed by atoms with Crippen LogP contribution in [0.5, 0.6) is 11.5 Å². The SMILES string of the molecule is COc1ccc(CN(Cc2ccc(OC)cc2)c2nc(C)nc(-c3cc(C(C)N4CCN(C(=O)OC(C)(C)C)CC4C)cnc3F)n2)cc1. The Balaban J connectivity index is 1.42. The number of carbonyl (C=O) groups excluding carboxylic acids is 1. The highest BCUT2D eigenvalue weighted by Gasteiger charge is 2.33. The van der Waals surface area contributed by atoms with Crippen molar-refractivity contribution >= 4 is 12.0 Å². The molecular weight excluding hydrogens is 625 g/mol. The van der Waals surface area contributed by atoms with Crippen LogP contribution < -0.4 is 14.4 Å². The molecule has 0 saturated carbocycles. The number of halogens is 1. The molecule has 2 aromatic heterocycles. The second-order valence-electron chi connectivity index (χ2n) is 13.4. The lowest BCUT2D eigenvalue weighted by molar-refractivity contribution is -0.000750. The van der Waals surface area contributed by atoms with Crippen molar-refractivity contribution in [2.75, 3.05) is 38.8 Å². The van der Waals surface area contributed by atoms with Crippen molar-refractivity contribution in [1.82, 2.24) is 29.7 Å². The zero-order valence-electron chi connectivity index (χ0n) is 29.6. The first-order chi connectivity index (χ1) is 23.3. The minimum absolute atomic E-state index is 0.0419. The van der Waals surface area contributed by atoms with E-state index >= 15 is 4.39 Å². The molecule has 1 aliphatic heterocycles. The first-order valence-electron chi connectivity index (χ1n) is 16.5. The molecule has 1 amide bonds. The number of hydrogen-bond acceptors (Lipinski definition) is 10. The molecule has 12 heteroatoms. The van der Waals surface area contributed by atoms with Crippen molar-refractivity contribution in [1.29, 1.82) is 0 Å². The molecule has 3 heterocycles. The molecule has 11 nitrogen and oxygen atoms in total. The minimum atomic E-state index is -0.660. The van der Waals surface area contributed by atoms with Gasteiger partial charge in [-0.2, -0.15) is 14.4 Å². The fraction of sp³-hybridized carbons (Fsp3) is 0.432. The minimum Gasteiger partial charge on any atom is -0.497 e. The zero-order chi connectivity index (χ0) is 35.3. The summed E-state index contributed by atoms with van der Waals surface area (Å²) >= 11 is 0. The van der Waals surface area contributed by atoms with E-state index in [0.717, 1.165) is 28.2 Å². The first kappa shape index (κ1) is 35.5. The molecule has 2 aromatic carbocycles. The van der Waals surface area contributed by atoms with Gasteiger partial charge >= 0.3 is 6.09 Å². The van der Waals surface area contributed by atoms with Gasteiger partial charge in [0.25, 0.3) is 0 Å². The summed E-state index contributed by atoms with van der Waals surface area (Å²) in [6.45, 7) is 14.2. The van der Waals surface area contributed by atoms with Crippen LogP contribution >= 0.6 is 0 Å². The second kappa shape index (κ2) is 15.1. The van der Waals surface area contributed by atoms with Crippen LogP contribution in [0.15, 0.2) is 60.8 Å². The van der Waals surface area contributed by atoms with Crippen LogP contribution in [0, 0.1) is 12.9 Å². The maximum atomic E-state index is 15.5. The lowest BCUT2D eigenvalue weighted by atomic mass is 10.0. The topological polar surface area (TPSA) is 106 Å². The Morgan fingerprint density at radius 3 is 2.08 bits per heavy atom. The number of aryl methyl sites for hydroxylation is 1. The van der Waals surface area contributed by atoms with Gasteiger partial charge in [0, 0.05) is 51.0 Å². The van der Waals surface area contributed by atoms with E-state index in [0.29, 0.717) is 44.5 Å². The summed E-state index contributed by atoms with van der Waals surface area (Å²) in [7, 11) is 3.27. The van der Waals surface area contributed by atoms with E-state index in [-0.39, 0.29) is 29.6 Å². The number of amides is 1. The molecule has 5 rings (SSSR count). The van der Waals surface area contributed by atoms with E-state index in [2.05, 4.69) is 28.7 Å². The van der Waals surface area contributed by atoms with E-state index in [1.54, 1.807) is 38.3 Å². The van der Waals surface area contributed by atoms with Gasteiger partial charge < -0.3 is 24.0 Å². The molecule has 260 valence electrons. The molecule has 2 unspecified atom stereocenters. The smallest absolute Gasteiger partial charge is 0.410 e. The summed E-state index contributed by atoms with van der Waals surface area (Å²) in [6, 6.07) is 17.4. The number of pyridine rings is 1. The number of piperazine rings is 1. The molecule has 1 aliphatic rings. The van der Waals surface area contributed by atoms with Gasteiger partial charge in [-0.15, -0.1) is 0 Å². The lowest BCUT2D eigenvalue weighted by Gasteiger charge is -2.43. The summed E-state index contributed by atoms with van der Waals surface area (Å²) in [6.07, 6.45) is 1.25. The molecule has 4 aromatic rings. The normalized spacial score (nSPS) is 15.9. The van der Waals surface area contributed by atoms with Crippen LogP contribution in [-0.4, -0.2) is 81.3 Å². The molecule has 2 atom stereocenters. The Hall–Kier alpha value is -4.84. The van der Waals surface area contributed by atoms with E-state index in [4.69, 9.17) is 24.2 Å². The van der Waals surface area contributed by atoms with Crippen molar-refractivity contribution < 1.29 is 23.4 Å².